The van der Waals surface area contributed by atoms with Crippen molar-refractivity contribution in [1.82, 2.24) is 4.98 Å². The number of hydrogen-bond donors (Lipinski definition) is 1. The molecule has 0 saturated carbocycles. The minimum Gasteiger partial charge on any atom is -0.353 e. The summed E-state index contributed by atoms with van der Waals surface area (Å²) < 4.78 is 0. The quantitative estimate of drug-likeness (QED) is 0.304. The van der Waals surface area contributed by atoms with Gasteiger partial charge in [-0.15, -0.1) is 0 Å². The number of aromatic nitrogens is 1. The fraction of sp³-hybridized carbons (Fsp3) is 0. The lowest BCUT2D eigenvalue weighted by Gasteiger charge is -2.22. The van der Waals surface area contributed by atoms with Gasteiger partial charge in [0, 0.05) is 22.7 Å². The van der Waals surface area contributed by atoms with Crippen molar-refractivity contribution in [2.75, 3.05) is 5.32 Å². The highest BCUT2D eigenvalue weighted by atomic mass is 31.1. The summed E-state index contributed by atoms with van der Waals surface area (Å²) in [6, 6.07) is 34.6. The number of fused-ring (bicyclic) bond motifs is 8. The SMILES string of the molecule is c1cnc2c(c1)Nc1c(ccc3ccccc13)-c1ccccc1Pc1ccccc1-2. The van der Waals surface area contributed by atoms with Crippen LogP contribution < -0.4 is 15.9 Å². The fourth-order valence-electron chi connectivity index (χ4n) is 4.26. The fourth-order valence-corrected chi connectivity index (χ4v) is 5.60. The second-order valence-electron chi connectivity index (χ2n) is 7.45. The highest BCUT2D eigenvalue weighted by Gasteiger charge is 2.19. The molecule has 6 rings (SSSR count). The number of hydrogen-bond acceptors (Lipinski definition) is 2. The first kappa shape index (κ1) is 17.4. The Hall–Kier alpha value is -3.48. The van der Waals surface area contributed by atoms with Gasteiger partial charge in [0.1, 0.15) is 0 Å². The first-order valence-corrected chi connectivity index (χ1v) is 11.1. The first-order valence-electron chi connectivity index (χ1n) is 10.1. The van der Waals surface area contributed by atoms with E-state index in [4.69, 9.17) is 4.98 Å². The van der Waals surface area contributed by atoms with Crippen LogP contribution in [-0.2, 0) is 0 Å². The first-order chi connectivity index (χ1) is 14.9. The molecule has 1 N–H and O–H groups in total. The Bertz CT molecular complexity index is 1410. The zero-order valence-corrected chi connectivity index (χ0v) is 17.3. The van der Waals surface area contributed by atoms with Crippen molar-refractivity contribution in [3.05, 3.63) is 103 Å². The number of anilines is 2. The Morgan fingerprint density at radius 2 is 1.33 bits per heavy atom. The topological polar surface area (TPSA) is 24.9 Å². The van der Waals surface area contributed by atoms with Crippen molar-refractivity contribution in [3.8, 4) is 22.4 Å². The van der Waals surface area contributed by atoms with Gasteiger partial charge in [-0.3, -0.25) is 4.98 Å². The van der Waals surface area contributed by atoms with Crippen molar-refractivity contribution in [1.29, 1.82) is 0 Å². The molecule has 1 aliphatic heterocycles. The average molecular weight is 402 g/mol. The molecule has 0 radical (unpaired) electrons. The molecule has 0 aliphatic carbocycles. The number of rotatable bonds is 0. The van der Waals surface area contributed by atoms with Gasteiger partial charge in [-0.05, 0) is 33.7 Å². The van der Waals surface area contributed by atoms with E-state index in [1.807, 2.05) is 12.3 Å². The van der Waals surface area contributed by atoms with E-state index < -0.39 is 0 Å². The molecule has 0 amide bonds. The van der Waals surface area contributed by atoms with E-state index in [-0.39, 0.29) is 0 Å². The van der Waals surface area contributed by atoms with Crippen molar-refractivity contribution in [2.45, 2.75) is 0 Å². The Kier molecular flexibility index (Phi) is 4.11. The molecule has 3 heteroatoms. The van der Waals surface area contributed by atoms with E-state index in [9.17, 15) is 0 Å². The summed E-state index contributed by atoms with van der Waals surface area (Å²) in [5, 5.41) is 8.89. The number of pyridine rings is 1. The molecule has 1 unspecified atom stereocenters. The lowest BCUT2D eigenvalue weighted by atomic mass is 9.97. The largest absolute Gasteiger partial charge is 0.353 e. The van der Waals surface area contributed by atoms with E-state index in [1.54, 1.807) is 0 Å². The van der Waals surface area contributed by atoms with Crippen LogP contribution in [0.1, 0.15) is 0 Å². The maximum absolute atomic E-state index is 4.79. The van der Waals surface area contributed by atoms with Crippen molar-refractivity contribution in [2.24, 2.45) is 0 Å². The van der Waals surface area contributed by atoms with Gasteiger partial charge in [0.25, 0.3) is 0 Å². The van der Waals surface area contributed by atoms with Gasteiger partial charge in [0.05, 0.1) is 17.1 Å². The molecule has 2 nitrogen and oxygen atoms in total. The minimum absolute atomic E-state index is 0.558. The number of nitrogens with one attached hydrogen (secondary N) is 1. The third kappa shape index (κ3) is 2.81. The molecule has 4 aromatic carbocycles. The van der Waals surface area contributed by atoms with Crippen LogP contribution in [0.4, 0.5) is 11.4 Å². The van der Waals surface area contributed by atoms with Gasteiger partial charge in [0.15, 0.2) is 0 Å². The molecular formula is C27H19N2P. The van der Waals surface area contributed by atoms with E-state index in [2.05, 4.69) is 96.3 Å². The summed E-state index contributed by atoms with van der Waals surface area (Å²) in [6.45, 7) is 0. The Morgan fingerprint density at radius 1 is 0.600 bits per heavy atom. The molecule has 0 bridgehead atoms. The van der Waals surface area contributed by atoms with E-state index in [1.165, 1.54) is 38.1 Å². The van der Waals surface area contributed by atoms with Crippen LogP contribution in [0, 0.1) is 0 Å². The highest BCUT2D eigenvalue weighted by molar-refractivity contribution is 7.56. The molecule has 0 saturated heterocycles. The van der Waals surface area contributed by atoms with Gasteiger partial charge < -0.3 is 5.32 Å². The molecule has 0 fully saturated rings. The highest BCUT2D eigenvalue weighted by Crippen LogP contribution is 2.40. The third-order valence-electron chi connectivity index (χ3n) is 5.67. The molecule has 30 heavy (non-hydrogen) atoms. The molecule has 1 aliphatic rings. The van der Waals surface area contributed by atoms with Crippen LogP contribution in [0.2, 0.25) is 0 Å². The van der Waals surface area contributed by atoms with Crippen LogP contribution in [0.5, 0.6) is 0 Å². The van der Waals surface area contributed by atoms with Crippen LogP contribution >= 0.6 is 8.58 Å². The summed E-state index contributed by atoms with van der Waals surface area (Å²) in [5.74, 6) is 0. The lowest BCUT2D eigenvalue weighted by Crippen LogP contribution is -2.12. The third-order valence-corrected chi connectivity index (χ3v) is 7.08. The maximum Gasteiger partial charge on any atom is 0.0943 e. The molecule has 5 aromatic rings. The minimum atomic E-state index is 0.558. The molecule has 2 heterocycles. The predicted molar refractivity (Wildman–Crippen MR) is 130 cm³/mol. The Balaban J connectivity index is 1.73. The Labute approximate surface area is 177 Å². The monoisotopic (exact) mass is 402 g/mol. The van der Waals surface area contributed by atoms with Gasteiger partial charge in [-0.1, -0.05) is 93.5 Å². The normalized spacial score (nSPS) is 12.9. The predicted octanol–water partition coefficient (Wildman–Crippen LogP) is 6.26. The number of nitrogens with zero attached hydrogens (tertiary/aromatic N) is 1. The molecule has 0 spiro atoms. The summed E-state index contributed by atoms with van der Waals surface area (Å²) in [7, 11) is 0.558. The molecule has 1 aromatic heterocycles. The van der Waals surface area contributed by atoms with Crippen molar-refractivity contribution < 1.29 is 0 Å². The standard InChI is InChI=1S/C27H19N2P/c1-2-9-19-18(8-1)15-16-21-20-10-3-5-13-24(20)30-25-14-6-4-11-22(25)27-23(29-26(19)21)12-7-17-28-27/h1-17,29-30H. The molecule has 1 atom stereocenters. The van der Waals surface area contributed by atoms with E-state index in [0.29, 0.717) is 8.58 Å². The van der Waals surface area contributed by atoms with E-state index >= 15 is 0 Å². The molecule has 142 valence electrons. The van der Waals surface area contributed by atoms with Crippen molar-refractivity contribution in [3.63, 3.8) is 0 Å². The maximum atomic E-state index is 4.79. The second-order valence-corrected chi connectivity index (χ2v) is 8.78. The smallest absolute Gasteiger partial charge is 0.0943 e. The van der Waals surface area contributed by atoms with Gasteiger partial charge in [-0.25, -0.2) is 0 Å². The summed E-state index contributed by atoms with van der Waals surface area (Å²) >= 11 is 0. The zero-order chi connectivity index (χ0) is 19.9. The summed E-state index contributed by atoms with van der Waals surface area (Å²) in [5.41, 5.74) is 6.87. The van der Waals surface area contributed by atoms with Crippen LogP contribution in [0.3, 0.4) is 0 Å². The van der Waals surface area contributed by atoms with Crippen LogP contribution in [0.25, 0.3) is 33.2 Å². The molecular weight excluding hydrogens is 383 g/mol. The zero-order valence-electron chi connectivity index (χ0n) is 16.3. The number of benzene rings is 4. The average Bonchev–Trinajstić information content (AvgIpc) is 2.81. The van der Waals surface area contributed by atoms with Crippen LogP contribution in [-0.4, -0.2) is 4.98 Å². The van der Waals surface area contributed by atoms with E-state index in [0.717, 1.165) is 17.1 Å². The van der Waals surface area contributed by atoms with Crippen LogP contribution in [0.15, 0.2) is 103 Å². The van der Waals surface area contributed by atoms with Gasteiger partial charge in [-0.2, -0.15) is 0 Å². The summed E-state index contributed by atoms with van der Waals surface area (Å²) in [6.07, 6.45) is 1.88. The Morgan fingerprint density at radius 3 is 2.23 bits per heavy atom. The van der Waals surface area contributed by atoms with Gasteiger partial charge in [0.2, 0.25) is 0 Å². The van der Waals surface area contributed by atoms with Crippen molar-refractivity contribution >= 4 is 41.3 Å². The second kappa shape index (κ2) is 7.09. The van der Waals surface area contributed by atoms with Gasteiger partial charge >= 0.3 is 0 Å². The summed E-state index contributed by atoms with van der Waals surface area (Å²) in [4.78, 5) is 4.79. The lowest BCUT2D eigenvalue weighted by molar-refractivity contribution is 1.32.